The van der Waals surface area contributed by atoms with E-state index in [1.807, 2.05) is 0 Å². The first-order valence-electron chi connectivity index (χ1n) is 5.96. The average molecular weight is 353 g/mol. The number of carbonyl (C=O) groups excluding carboxylic acids is 1. The fourth-order valence-corrected chi connectivity index (χ4v) is 2.11. The van der Waals surface area contributed by atoms with Crippen molar-refractivity contribution in [3.05, 3.63) is 45.2 Å². The molecule has 0 bridgehead atoms. The summed E-state index contributed by atoms with van der Waals surface area (Å²) in [6.07, 6.45) is 0. The van der Waals surface area contributed by atoms with E-state index in [-0.39, 0.29) is 23.9 Å². The quantitative estimate of drug-likeness (QED) is 0.806. The molecule has 3 N–H and O–H groups in total. The van der Waals surface area contributed by atoms with Crippen LogP contribution < -0.4 is 21.3 Å². The Hall–Kier alpha value is -2.35. The highest BCUT2D eigenvalue weighted by molar-refractivity contribution is 9.10. The molecule has 1 heterocycles. The van der Waals surface area contributed by atoms with Crippen LogP contribution >= 0.6 is 15.9 Å². The van der Waals surface area contributed by atoms with E-state index in [9.17, 15) is 9.59 Å². The molecule has 0 unspecified atom stereocenters. The van der Waals surface area contributed by atoms with Crippen molar-refractivity contribution in [3.63, 3.8) is 0 Å². The molecule has 7 nitrogen and oxygen atoms in total. The van der Waals surface area contributed by atoms with E-state index in [1.165, 1.54) is 19.2 Å². The van der Waals surface area contributed by atoms with E-state index < -0.39 is 0 Å². The lowest BCUT2D eigenvalue weighted by Crippen LogP contribution is -2.29. The van der Waals surface area contributed by atoms with Crippen LogP contribution in [0.2, 0.25) is 0 Å². The van der Waals surface area contributed by atoms with E-state index in [1.54, 1.807) is 18.2 Å². The highest BCUT2D eigenvalue weighted by Gasteiger charge is 2.09. The number of nitrogens with one attached hydrogen (secondary N) is 1. The lowest BCUT2D eigenvalue weighted by atomic mass is 10.3. The van der Waals surface area contributed by atoms with Crippen LogP contribution in [0.15, 0.2) is 39.6 Å². The van der Waals surface area contributed by atoms with Crippen LogP contribution in [-0.4, -0.2) is 22.8 Å². The average Bonchev–Trinajstić information content (AvgIpc) is 2.44. The maximum atomic E-state index is 12.0. The number of anilines is 2. The molecule has 2 aromatic rings. The molecule has 0 spiro atoms. The third-order valence-electron chi connectivity index (χ3n) is 2.61. The van der Waals surface area contributed by atoms with Gasteiger partial charge in [-0.05, 0) is 34.1 Å². The number of methoxy groups -OCH3 is 1. The molecule has 8 heteroatoms. The Labute approximate surface area is 128 Å². The van der Waals surface area contributed by atoms with Crippen LogP contribution in [0.5, 0.6) is 5.88 Å². The number of halogens is 1. The Kier molecular flexibility index (Phi) is 4.59. The summed E-state index contributed by atoms with van der Waals surface area (Å²) in [7, 11) is 1.43. The number of nitrogens with two attached hydrogens (primary N) is 1. The lowest BCUT2D eigenvalue weighted by Gasteiger charge is -2.09. The fraction of sp³-hybridized carbons (Fsp3) is 0.154. The second-order valence-corrected chi connectivity index (χ2v) is 5.01. The maximum Gasteiger partial charge on any atom is 0.267 e. The van der Waals surface area contributed by atoms with Gasteiger partial charge in [-0.2, -0.15) is 0 Å². The molecule has 0 radical (unpaired) electrons. The number of amides is 1. The van der Waals surface area contributed by atoms with E-state index in [0.29, 0.717) is 15.8 Å². The van der Waals surface area contributed by atoms with Crippen molar-refractivity contribution >= 4 is 33.2 Å². The molecular weight excluding hydrogens is 340 g/mol. The predicted octanol–water partition coefficient (Wildman–Crippen LogP) is 1.24. The molecule has 110 valence electrons. The topological polar surface area (TPSA) is 99.2 Å². The van der Waals surface area contributed by atoms with Gasteiger partial charge in [0.2, 0.25) is 11.8 Å². The SMILES string of the molecule is COc1ccc(=O)n(CC(=O)Nc2ccc(N)cc2Br)n1. The number of hydrogen-bond acceptors (Lipinski definition) is 5. The molecule has 1 aromatic heterocycles. The van der Waals surface area contributed by atoms with Crippen LogP contribution in [0.4, 0.5) is 11.4 Å². The van der Waals surface area contributed by atoms with Crippen LogP contribution in [-0.2, 0) is 11.3 Å². The van der Waals surface area contributed by atoms with Crippen molar-refractivity contribution in [1.82, 2.24) is 9.78 Å². The molecule has 1 aromatic carbocycles. The van der Waals surface area contributed by atoms with Gasteiger partial charge in [-0.15, -0.1) is 5.10 Å². The molecule has 0 saturated carbocycles. The zero-order chi connectivity index (χ0) is 15.4. The molecule has 1 amide bonds. The first-order chi connectivity index (χ1) is 9.99. The van der Waals surface area contributed by atoms with Gasteiger partial charge in [0, 0.05) is 22.3 Å². The van der Waals surface area contributed by atoms with E-state index in [0.717, 1.165) is 4.68 Å². The van der Waals surface area contributed by atoms with Gasteiger partial charge in [-0.1, -0.05) is 0 Å². The molecule has 21 heavy (non-hydrogen) atoms. The van der Waals surface area contributed by atoms with Crippen molar-refractivity contribution in [1.29, 1.82) is 0 Å². The Bertz CT molecular complexity index is 730. The summed E-state index contributed by atoms with van der Waals surface area (Å²) < 4.78 is 6.60. The minimum Gasteiger partial charge on any atom is -0.480 e. The van der Waals surface area contributed by atoms with Crippen molar-refractivity contribution in [2.75, 3.05) is 18.2 Å². The number of hydrogen-bond donors (Lipinski definition) is 2. The molecule has 2 rings (SSSR count). The van der Waals surface area contributed by atoms with Crippen LogP contribution in [0, 0.1) is 0 Å². The first-order valence-corrected chi connectivity index (χ1v) is 6.76. The predicted molar refractivity (Wildman–Crippen MR) is 82.2 cm³/mol. The molecule has 0 aliphatic heterocycles. The number of rotatable bonds is 4. The number of nitrogen functional groups attached to an aromatic ring is 1. The number of ether oxygens (including phenoxy) is 1. The zero-order valence-electron chi connectivity index (χ0n) is 11.2. The van der Waals surface area contributed by atoms with Gasteiger partial charge in [-0.3, -0.25) is 9.59 Å². The van der Waals surface area contributed by atoms with Gasteiger partial charge in [0.25, 0.3) is 5.56 Å². The standard InChI is InChI=1S/C13H13BrN4O3/c1-21-12-4-5-13(20)18(17-12)7-11(19)16-10-3-2-8(15)6-9(10)14/h2-6H,7,15H2,1H3,(H,16,19). The normalized spacial score (nSPS) is 10.2. The third-order valence-corrected chi connectivity index (χ3v) is 3.27. The van der Waals surface area contributed by atoms with E-state index in [4.69, 9.17) is 10.5 Å². The summed E-state index contributed by atoms with van der Waals surface area (Å²) in [5, 5.41) is 6.57. The second kappa shape index (κ2) is 6.40. The number of aromatic nitrogens is 2. The zero-order valence-corrected chi connectivity index (χ0v) is 12.8. The minimum atomic E-state index is -0.387. The highest BCUT2D eigenvalue weighted by Crippen LogP contribution is 2.24. The molecule has 0 aliphatic rings. The summed E-state index contributed by atoms with van der Waals surface area (Å²) in [6.45, 7) is -0.215. The van der Waals surface area contributed by atoms with Crippen LogP contribution in [0.25, 0.3) is 0 Å². The fourth-order valence-electron chi connectivity index (χ4n) is 1.61. The molecule has 0 aliphatic carbocycles. The van der Waals surface area contributed by atoms with Crippen molar-refractivity contribution in [2.45, 2.75) is 6.54 Å². The summed E-state index contributed by atoms with van der Waals surface area (Å²) in [4.78, 5) is 23.6. The number of carbonyl (C=O) groups is 1. The summed E-state index contributed by atoms with van der Waals surface area (Å²) in [5.74, 6) is -0.126. The van der Waals surface area contributed by atoms with Crippen LogP contribution in [0.1, 0.15) is 0 Å². The summed E-state index contributed by atoms with van der Waals surface area (Å²) in [5.41, 5.74) is 6.37. The number of benzene rings is 1. The summed E-state index contributed by atoms with van der Waals surface area (Å²) in [6, 6.07) is 7.73. The Balaban J connectivity index is 2.13. The van der Waals surface area contributed by atoms with E-state index in [2.05, 4.69) is 26.3 Å². The monoisotopic (exact) mass is 352 g/mol. The van der Waals surface area contributed by atoms with Gasteiger partial charge in [0.1, 0.15) is 6.54 Å². The summed E-state index contributed by atoms with van der Waals surface area (Å²) >= 11 is 3.30. The highest BCUT2D eigenvalue weighted by atomic mass is 79.9. The minimum absolute atomic E-state index is 0.215. The number of nitrogens with zero attached hydrogens (tertiary/aromatic N) is 2. The first kappa shape index (κ1) is 15.0. The van der Waals surface area contributed by atoms with Crippen molar-refractivity contribution in [2.24, 2.45) is 0 Å². The largest absolute Gasteiger partial charge is 0.480 e. The molecular formula is C13H13BrN4O3. The van der Waals surface area contributed by atoms with Crippen LogP contribution in [0.3, 0.4) is 0 Å². The Morgan fingerprint density at radius 3 is 2.86 bits per heavy atom. The van der Waals surface area contributed by atoms with Gasteiger partial charge in [0.05, 0.1) is 12.8 Å². The molecule has 0 fully saturated rings. The van der Waals surface area contributed by atoms with Gasteiger partial charge in [0.15, 0.2) is 0 Å². The maximum absolute atomic E-state index is 12.0. The second-order valence-electron chi connectivity index (χ2n) is 4.16. The Morgan fingerprint density at radius 2 is 2.19 bits per heavy atom. The Morgan fingerprint density at radius 1 is 1.43 bits per heavy atom. The van der Waals surface area contributed by atoms with Crippen molar-refractivity contribution < 1.29 is 9.53 Å². The third kappa shape index (κ3) is 3.82. The smallest absolute Gasteiger partial charge is 0.267 e. The van der Waals surface area contributed by atoms with Crippen molar-refractivity contribution in [3.8, 4) is 5.88 Å². The van der Waals surface area contributed by atoms with E-state index >= 15 is 0 Å². The van der Waals surface area contributed by atoms with Gasteiger partial charge in [-0.25, -0.2) is 4.68 Å². The molecule has 0 saturated heterocycles. The lowest BCUT2D eigenvalue weighted by molar-refractivity contribution is -0.117. The molecule has 0 atom stereocenters. The van der Waals surface area contributed by atoms with Gasteiger partial charge < -0.3 is 15.8 Å². The van der Waals surface area contributed by atoms with Gasteiger partial charge >= 0.3 is 0 Å².